The average molecular weight is 428 g/mol. The highest BCUT2D eigenvalue weighted by atomic mass is 32.2. The number of hydrogen-bond acceptors (Lipinski definition) is 7. The second kappa shape index (κ2) is 9.41. The van der Waals surface area contributed by atoms with Crippen LogP contribution in [0.25, 0.3) is 11.3 Å². The molecule has 0 N–H and O–H groups in total. The molecule has 150 valence electrons. The molecule has 0 unspecified atom stereocenters. The van der Waals surface area contributed by atoms with Crippen LogP contribution in [-0.2, 0) is 11.2 Å². The lowest BCUT2D eigenvalue weighted by atomic mass is 10.2. The summed E-state index contributed by atoms with van der Waals surface area (Å²) < 4.78 is 17.1. The Hall–Kier alpha value is -2.38. The number of methoxy groups -OCH3 is 1. The molecule has 1 aliphatic heterocycles. The van der Waals surface area contributed by atoms with Gasteiger partial charge in [-0.3, -0.25) is 4.79 Å². The van der Waals surface area contributed by atoms with Gasteiger partial charge in [-0.05, 0) is 17.7 Å². The third-order valence-corrected chi connectivity index (χ3v) is 7.56. The van der Waals surface area contributed by atoms with Crippen LogP contribution in [0, 0.1) is 0 Å². The Bertz CT molecular complexity index is 968. The zero-order valence-corrected chi connectivity index (χ0v) is 17.6. The van der Waals surface area contributed by atoms with E-state index in [4.69, 9.17) is 13.9 Å². The van der Waals surface area contributed by atoms with Gasteiger partial charge in [0.1, 0.15) is 0 Å². The van der Waals surface area contributed by atoms with Crippen molar-refractivity contribution in [1.29, 1.82) is 0 Å². The molecule has 29 heavy (non-hydrogen) atoms. The van der Waals surface area contributed by atoms with Crippen molar-refractivity contribution in [2.24, 2.45) is 0 Å². The molecular weight excluding hydrogens is 406 g/mol. The molecule has 3 aromatic rings. The van der Waals surface area contributed by atoms with Crippen LogP contribution in [0.2, 0.25) is 0 Å². The van der Waals surface area contributed by atoms with Gasteiger partial charge < -0.3 is 13.9 Å². The Balaban J connectivity index is 1.35. The standard InChI is InChI=1S/C22H21NO4S2/c1-25-18-13-16(22-28-11-12-29-22)7-8-17(18)27-21(24)10-9-20-23-14-19(26-20)15-5-3-2-4-6-15/h2-8,13-14,22H,9-12H2,1H3. The lowest BCUT2D eigenvalue weighted by Gasteiger charge is -2.13. The molecule has 0 bridgehead atoms. The summed E-state index contributed by atoms with van der Waals surface area (Å²) >= 11 is 3.85. The van der Waals surface area contributed by atoms with Gasteiger partial charge >= 0.3 is 5.97 Å². The molecule has 0 radical (unpaired) electrons. The number of nitrogens with zero attached hydrogens (tertiary/aromatic N) is 1. The van der Waals surface area contributed by atoms with Gasteiger partial charge in [-0.2, -0.15) is 0 Å². The molecule has 1 saturated heterocycles. The van der Waals surface area contributed by atoms with E-state index in [1.165, 1.54) is 5.56 Å². The normalized spacial score (nSPS) is 14.1. The van der Waals surface area contributed by atoms with Crippen LogP contribution in [0.4, 0.5) is 0 Å². The average Bonchev–Trinajstić information content (AvgIpc) is 3.45. The third kappa shape index (κ3) is 4.97. The summed E-state index contributed by atoms with van der Waals surface area (Å²) in [7, 11) is 1.59. The van der Waals surface area contributed by atoms with Crippen molar-refractivity contribution in [3.05, 3.63) is 66.2 Å². The van der Waals surface area contributed by atoms with Gasteiger partial charge in [0.05, 0.1) is 24.3 Å². The predicted octanol–water partition coefficient (Wildman–Crippen LogP) is 5.37. The maximum Gasteiger partial charge on any atom is 0.311 e. The Morgan fingerprint density at radius 1 is 1.14 bits per heavy atom. The van der Waals surface area contributed by atoms with Gasteiger partial charge in [-0.15, -0.1) is 23.5 Å². The molecule has 1 aliphatic rings. The number of esters is 1. The Morgan fingerprint density at radius 3 is 2.69 bits per heavy atom. The first-order valence-electron chi connectivity index (χ1n) is 9.35. The van der Waals surface area contributed by atoms with Crippen molar-refractivity contribution in [3.8, 4) is 22.8 Å². The van der Waals surface area contributed by atoms with Crippen LogP contribution in [0.1, 0.15) is 22.5 Å². The van der Waals surface area contributed by atoms with Gasteiger partial charge in [0.2, 0.25) is 0 Å². The fourth-order valence-electron chi connectivity index (χ4n) is 3.01. The topological polar surface area (TPSA) is 61.6 Å². The third-order valence-electron chi connectivity index (χ3n) is 4.46. The number of aryl methyl sites for hydroxylation is 1. The van der Waals surface area contributed by atoms with Gasteiger partial charge in [-0.25, -0.2) is 4.98 Å². The first kappa shape index (κ1) is 19.9. The summed E-state index contributed by atoms with van der Waals surface area (Å²) in [5.74, 6) is 4.17. The number of carbonyl (C=O) groups is 1. The molecule has 1 fully saturated rings. The molecule has 2 heterocycles. The van der Waals surface area contributed by atoms with E-state index in [0.29, 0.717) is 34.2 Å². The molecule has 4 rings (SSSR count). The monoisotopic (exact) mass is 427 g/mol. The van der Waals surface area contributed by atoms with E-state index < -0.39 is 0 Å². The largest absolute Gasteiger partial charge is 0.493 e. The molecule has 5 nitrogen and oxygen atoms in total. The van der Waals surface area contributed by atoms with E-state index in [1.807, 2.05) is 72.1 Å². The first-order chi connectivity index (χ1) is 14.2. The summed E-state index contributed by atoms with van der Waals surface area (Å²) in [5.41, 5.74) is 2.14. The smallest absolute Gasteiger partial charge is 0.311 e. The van der Waals surface area contributed by atoms with Crippen molar-refractivity contribution < 1.29 is 18.7 Å². The maximum absolute atomic E-state index is 12.3. The van der Waals surface area contributed by atoms with Crippen LogP contribution in [0.5, 0.6) is 11.5 Å². The lowest BCUT2D eigenvalue weighted by molar-refractivity contribution is -0.134. The highest BCUT2D eigenvalue weighted by molar-refractivity contribution is 8.19. The molecule has 2 aromatic carbocycles. The van der Waals surface area contributed by atoms with Gasteiger partial charge in [-0.1, -0.05) is 36.4 Å². The van der Waals surface area contributed by atoms with E-state index in [1.54, 1.807) is 13.3 Å². The second-order valence-electron chi connectivity index (χ2n) is 6.44. The fourth-order valence-corrected chi connectivity index (χ4v) is 5.85. The van der Waals surface area contributed by atoms with Crippen LogP contribution >= 0.6 is 23.5 Å². The molecule has 0 amide bonds. The van der Waals surface area contributed by atoms with Crippen molar-refractivity contribution in [3.63, 3.8) is 0 Å². The number of carbonyl (C=O) groups excluding carboxylic acids is 1. The molecule has 0 aliphatic carbocycles. The number of benzene rings is 2. The van der Waals surface area contributed by atoms with E-state index in [9.17, 15) is 4.79 Å². The zero-order chi connectivity index (χ0) is 20.1. The molecule has 7 heteroatoms. The van der Waals surface area contributed by atoms with E-state index in [2.05, 4.69) is 4.98 Å². The Kier molecular flexibility index (Phi) is 6.46. The van der Waals surface area contributed by atoms with Crippen molar-refractivity contribution in [2.75, 3.05) is 18.6 Å². The molecule has 0 saturated carbocycles. The fraction of sp³-hybridized carbons (Fsp3) is 0.273. The first-order valence-corrected chi connectivity index (χ1v) is 11.4. The quantitative estimate of drug-likeness (QED) is 0.371. The lowest BCUT2D eigenvalue weighted by Crippen LogP contribution is -2.10. The highest BCUT2D eigenvalue weighted by Gasteiger charge is 2.20. The number of hydrogen-bond donors (Lipinski definition) is 0. The van der Waals surface area contributed by atoms with Crippen LogP contribution in [0.3, 0.4) is 0 Å². The minimum atomic E-state index is -0.347. The Morgan fingerprint density at radius 2 is 1.93 bits per heavy atom. The van der Waals surface area contributed by atoms with E-state index >= 15 is 0 Å². The molecular formula is C22H21NO4S2. The van der Waals surface area contributed by atoms with Crippen LogP contribution in [-0.4, -0.2) is 29.6 Å². The van der Waals surface area contributed by atoms with Crippen molar-refractivity contribution in [1.82, 2.24) is 4.98 Å². The Labute approximate surface area is 178 Å². The predicted molar refractivity (Wildman–Crippen MR) is 117 cm³/mol. The van der Waals surface area contributed by atoms with Crippen molar-refractivity contribution >= 4 is 29.5 Å². The van der Waals surface area contributed by atoms with Gasteiger partial charge in [0.15, 0.2) is 23.1 Å². The summed E-state index contributed by atoms with van der Waals surface area (Å²) in [6, 6.07) is 15.5. The molecule has 1 aromatic heterocycles. The molecule has 0 atom stereocenters. The maximum atomic E-state index is 12.3. The van der Waals surface area contributed by atoms with E-state index in [-0.39, 0.29) is 12.4 Å². The number of rotatable bonds is 7. The van der Waals surface area contributed by atoms with E-state index in [0.717, 1.165) is 17.1 Å². The number of ether oxygens (including phenoxy) is 2. The van der Waals surface area contributed by atoms with Crippen LogP contribution < -0.4 is 9.47 Å². The van der Waals surface area contributed by atoms with Crippen LogP contribution in [0.15, 0.2) is 59.1 Å². The summed E-state index contributed by atoms with van der Waals surface area (Å²) in [6.07, 6.45) is 2.23. The van der Waals surface area contributed by atoms with Gasteiger partial charge in [0, 0.05) is 23.5 Å². The summed E-state index contributed by atoms with van der Waals surface area (Å²) in [4.78, 5) is 16.6. The molecule has 0 spiro atoms. The minimum Gasteiger partial charge on any atom is -0.493 e. The summed E-state index contributed by atoms with van der Waals surface area (Å²) in [6.45, 7) is 0. The SMILES string of the molecule is COc1cc(C2SCCS2)ccc1OC(=O)CCc1ncc(-c2ccccc2)o1. The second-order valence-corrected chi connectivity index (χ2v) is 9.17. The number of aromatic nitrogens is 1. The van der Waals surface area contributed by atoms with Gasteiger partial charge in [0.25, 0.3) is 0 Å². The zero-order valence-electron chi connectivity index (χ0n) is 16.0. The number of thioether (sulfide) groups is 2. The van der Waals surface area contributed by atoms with Crippen molar-refractivity contribution in [2.45, 2.75) is 17.4 Å². The summed E-state index contributed by atoms with van der Waals surface area (Å²) in [5, 5.41) is 0. The minimum absolute atomic E-state index is 0.175. The number of oxazole rings is 1. The highest BCUT2D eigenvalue weighted by Crippen LogP contribution is 2.46.